The monoisotopic (exact) mass is 456 g/mol. The van der Waals surface area contributed by atoms with Gasteiger partial charge in [0.2, 0.25) is 0 Å². The third-order valence-electron chi connectivity index (χ3n) is 7.13. The molecule has 0 saturated heterocycles. The number of para-hydroxylation sites is 1. The van der Waals surface area contributed by atoms with Crippen LogP contribution in [0.3, 0.4) is 0 Å². The highest BCUT2D eigenvalue weighted by molar-refractivity contribution is 5.81. The Hall–Kier alpha value is -3.32. The number of rotatable bonds is 8. The summed E-state index contributed by atoms with van der Waals surface area (Å²) in [7, 11) is 0. The largest absolute Gasteiger partial charge is 0.321 e. The van der Waals surface area contributed by atoms with Crippen LogP contribution in [0.1, 0.15) is 67.6 Å². The number of benzene rings is 2. The number of hydrogen-bond acceptors (Lipinski definition) is 5. The number of pyridine rings is 1. The SMILES string of the molecule is CC[C@H](c1nnnn1Cc1ccccc1)N(Cc1cc2cccc(C)c2[nH]c1=O)C1CCCC1. The van der Waals surface area contributed by atoms with Crippen molar-refractivity contribution in [1.82, 2.24) is 30.1 Å². The number of aryl methyl sites for hydroxylation is 1. The van der Waals surface area contributed by atoms with E-state index in [4.69, 9.17) is 0 Å². The fraction of sp³-hybridized carbons (Fsp3) is 0.407. The molecule has 1 saturated carbocycles. The predicted molar refractivity (Wildman–Crippen MR) is 133 cm³/mol. The lowest BCUT2D eigenvalue weighted by Gasteiger charge is -2.35. The van der Waals surface area contributed by atoms with Crippen molar-refractivity contribution in [2.24, 2.45) is 0 Å². The summed E-state index contributed by atoms with van der Waals surface area (Å²) in [5.74, 6) is 0.867. The Kier molecular flexibility index (Phi) is 6.54. The first-order valence-corrected chi connectivity index (χ1v) is 12.3. The van der Waals surface area contributed by atoms with Gasteiger partial charge in [0.05, 0.1) is 18.1 Å². The minimum Gasteiger partial charge on any atom is -0.321 e. The molecule has 5 rings (SSSR count). The van der Waals surface area contributed by atoms with Crippen LogP contribution >= 0.6 is 0 Å². The lowest BCUT2D eigenvalue weighted by Crippen LogP contribution is -2.39. The molecule has 0 radical (unpaired) electrons. The fourth-order valence-electron chi connectivity index (χ4n) is 5.36. The molecule has 34 heavy (non-hydrogen) atoms. The van der Waals surface area contributed by atoms with E-state index in [2.05, 4.69) is 56.6 Å². The van der Waals surface area contributed by atoms with Gasteiger partial charge < -0.3 is 4.98 Å². The van der Waals surface area contributed by atoms with Gasteiger partial charge >= 0.3 is 0 Å². The van der Waals surface area contributed by atoms with Crippen molar-refractivity contribution < 1.29 is 0 Å². The number of aromatic nitrogens is 5. The van der Waals surface area contributed by atoms with Crippen LogP contribution in [0.25, 0.3) is 10.9 Å². The Labute approximate surface area is 199 Å². The number of aromatic amines is 1. The Morgan fingerprint density at radius 1 is 1.12 bits per heavy atom. The molecule has 2 heterocycles. The Bertz CT molecular complexity index is 1310. The predicted octanol–water partition coefficient (Wildman–Crippen LogP) is 4.77. The van der Waals surface area contributed by atoms with Crippen molar-refractivity contribution in [2.75, 3.05) is 0 Å². The molecule has 7 heteroatoms. The lowest BCUT2D eigenvalue weighted by atomic mass is 10.0. The highest BCUT2D eigenvalue weighted by Gasteiger charge is 2.32. The number of nitrogens with zero attached hydrogens (tertiary/aromatic N) is 5. The fourth-order valence-corrected chi connectivity index (χ4v) is 5.36. The van der Waals surface area contributed by atoms with Gasteiger partial charge in [-0.15, -0.1) is 5.10 Å². The molecule has 176 valence electrons. The third-order valence-corrected chi connectivity index (χ3v) is 7.13. The molecule has 1 atom stereocenters. The first kappa shape index (κ1) is 22.5. The van der Waals surface area contributed by atoms with Crippen LogP contribution in [0.2, 0.25) is 0 Å². The van der Waals surface area contributed by atoms with Gasteiger partial charge in [-0.2, -0.15) is 0 Å². The van der Waals surface area contributed by atoms with Crippen molar-refractivity contribution in [2.45, 2.75) is 71.1 Å². The molecule has 1 aliphatic carbocycles. The summed E-state index contributed by atoms with van der Waals surface area (Å²) in [5, 5.41) is 13.9. The molecule has 0 spiro atoms. The molecule has 0 amide bonds. The zero-order valence-corrected chi connectivity index (χ0v) is 19.9. The number of hydrogen-bond donors (Lipinski definition) is 1. The summed E-state index contributed by atoms with van der Waals surface area (Å²) >= 11 is 0. The maximum Gasteiger partial charge on any atom is 0.252 e. The Balaban J connectivity index is 1.50. The summed E-state index contributed by atoms with van der Waals surface area (Å²) in [6.07, 6.45) is 5.60. The third kappa shape index (κ3) is 4.53. The van der Waals surface area contributed by atoms with Crippen LogP contribution in [0, 0.1) is 6.92 Å². The van der Waals surface area contributed by atoms with Gasteiger partial charge in [0.1, 0.15) is 0 Å². The smallest absolute Gasteiger partial charge is 0.252 e. The van der Waals surface area contributed by atoms with Gasteiger partial charge in [-0.1, -0.05) is 68.3 Å². The van der Waals surface area contributed by atoms with E-state index in [1.165, 1.54) is 18.4 Å². The zero-order valence-electron chi connectivity index (χ0n) is 19.9. The summed E-state index contributed by atoms with van der Waals surface area (Å²) in [5.41, 5.74) is 3.96. The molecule has 1 aliphatic rings. The molecular weight excluding hydrogens is 424 g/mol. The molecule has 1 fully saturated rings. The number of nitrogens with one attached hydrogen (secondary N) is 1. The Morgan fingerprint density at radius 2 is 1.91 bits per heavy atom. The first-order chi connectivity index (χ1) is 16.6. The van der Waals surface area contributed by atoms with Gasteiger partial charge in [-0.05, 0) is 59.2 Å². The van der Waals surface area contributed by atoms with Crippen LogP contribution in [0.4, 0.5) is 0 Å². The summed E-state index contributed by atoms with van der Waals surface area (Å²) < 4.78 is 1.92. The molecular formula is C27H32N6O. The summed E-state index contributed by atoms with van der Waals surface area (Å²) in [6, 6.07) is 18.9. The van der Waals surface area contributed by atoms with Gasteiger partial charge in [0.15, 0.2) is 5.82 Å². The topological polar surface area (TPSA) is 79.7 Å². The maximum atomic E-state index is 13.1. The van der Waals surface area contributed by atoms with Gasteiger partial charge in [-0.25, -0.2) is 4.68 Å². The second kappa shape index (κ2) is 9.89. The van der Waals surface area contributed by atoms with Crippen LogP contribution in [0.15, 0.2) is 59.4 Å². The molecule has 2 aromatic carbocycles. The minimum absolute atomic E-state index is 0.0106. The zero-order chi connectivity index (χ0) is 23.5. The van der Waals surface area contributed by atoms with Gasteiger partial charge in [-0.3, -0.25) is 9.69 Å². The molecule has 7 nitrogen and oxygen atoms in total. The minimum atomic E-state index is -0.0106. The van der Waals surface area contributed by atoms with E-state index in [1.54, 1.807) is 0 Å². The number of tetrazole rings is 1. The van der Waals surface area contributed by atoms with Crippen molar-refractivity contribution in [3.8, 4) is 0 Å². The van der Waals surface area contributed by atoms with E-state index in [0.29, 0.717) is 19.1 Å². The van der Waals surface area contributed by atoms with Crippen LogP contribution in [0.5, 0.6) is 0 Å². The first-order valence-electron chi connectivity index (χ1n) is 12.3. The van der Waals surface area contributed by atoms with Crippen LogP contribution < -0.4 is 5.56 Å². The second-order valence-corrected chi connectivity index (χ2v) is 9.38. The highest BCUT2D eigenvalue weighted by Crippen LogP contribution is 2.33. The summed E-state index contributed by atoms with van der Waals surface area (Å²) in [4.78, 5) is 18.7. The molecule has 0 unspecified atom stereocenters. The van der Waals surface area contributed by atoms with Crippen molar-refractivity contribution >= 4 is 10.9 Å². The van der Waals surface area contributed by atoms with E-state index < -0.39 is 0 Å². The van der Waals surface area contributed by atoms with E-state index in [9.17, 15) is 4.79 Å². The second-order valence-electron chi connectivity index (χ2n) is 9.38. The quantitative estimate of drug-likeness (QED) is 0.413. The highest BCUT2D eigenvalue weighted by atomic mass is 16.1. The van der Waals surface area contributed by atoms with Crippen molar-refractivity contribution in [3.05, 3.63) is 87.5 Å². The molecule has 2 aromatic heterocycles. The summed E-state index contributed by atoms with van der Waals surface area (Å²) in [6.45, 7) is 5.43. The van der Waals surface area contributed by atoms with Gasteiger partial charge in [0, 0.05) is 18.2 Å². The molecule has 0 aliphatic heterocycles. The molecule has 0 bridgehead atoms. The average Bonchev–Trinajstić information content (AvgIpc) is 3.54. The van der Waals surface area contributed by atoms with Crippen LogP contribution in [-0.4, -0.2) is 36.1 Å². The van der Waals surface area contributed by atoms with E-state index >= 15 is 0 Å². The number of H-pyrrole nitrogens is 1. The molecule has 1 N–H and O–H groups in total. The molecule has 4 aromatic rings. The standard InChI is InChI=1S/C27H32N6O/c1-3-24(26-29-30-31-33(26)17-20-11-5-4-6-12-20)32(23-14-7-8-15-23)18-22-16-21-13-9-10-19(2)25(21)28-27(22)34/h4-6,9-13,16,23-24H,3,7-8,14-15,17-18H2,1-2H3,(H,28,34)/t24-/m1/s1. The van der Waals surface area contributed by atoms with Crippen molar-refractivity contribution in [3.63, 3.8) is 0 Å². The number of fused-ring (bicyclic) bond motifs is 1. The van der Waals surface area contributed by atoms with E-state index in [1.807, 2.05) is 41.9 Å². The normalized spacial score (nSPS) is 15.4. The van der Waals surface area contributed by atoms with E-state index in [0.717, 1.165) is 47.1 Å². The van der Waals surface area contributed by atoms with Crippen LogP contribution in [-0.2, 0) is 13.1 Å². The maximum absolute atomic E-state index is 13.1. The Morgan fingerprint density at radius 3 is 2.68 bits per heavy atom. The van der Waals surface area contributed by atoms with Gasteiger partial charge in [0.25, 0.3) is 5.56 Å². The van der Waals surface area contributed by atoms with Crippen molar-refractivity contribution in [1.29, 1.82) is 0 Å². The average molecular weight is 457 g/mol. The van der Waals surface area contributed by atoms with E-state index in [-0.39, 0.29) is 11.6 Å². The lowest BCUT2D eigenvalue weighted by molar-refractivity contribution is 0.112.